The molecule has 0 bridgehead atoms. The van der Waals surface area contributed by atoms with Crippen LogP contribution >= 0.6 is 0 Å². The van der Waals surface area contributed by atoms with Gasteiger partial charge in [0, 0.05) is 12.2 Å². The molecular weight excluding hydrogens is 219 g/mol. The van der Waals surface area contributed by atoms with Crippen molar-refractivity contribution in [1.29, 1.82) is 0 Å². The number of rotatable bonds is 1. The first kappa shape index (κ1) is 11.4. The Hall–Kier alpha value is -1.04. The van der Waals surface area contributed by atoms with Gasteiger partial charge in [-0.1, -0.05) is 0 Å². The highest BCUT2D eigenvalue weighted by Crippen LogP contribution is 2.30. The van der Waals surface area contributed by atoms with E-state index in [1.54, 1.807) is 0 Å². The Labute approximate surface area is 91.6 Å². The fraction of sp³-hybridized carbons (Fsp3) is 0.700. The van der Waals surface area contributed by atoms with Gasteiger partial charge in [-0.3, -0.25) is 4.68 Å². The normalized spacial score (nSPS) is 27.0. The maximum atomic E-state index is 12.4. The van der Waals surface area contributed by atoms with Gasteiger partial charge in [0.25, 0.3) is 0 Å². The first-order valence-corrected chi connectivity index (χ1v) is 5.31. The van der Waals surface area contributed by atoms with Gasteiger partial charge in [0.1, 0.15) is 0 Å². The highest BCUT2D eigenvalue weighted by atomic mass is 19.4. The fourth-order valence-electron chi connectivity index (χ4n) is 2.03. The molecule has 0 spiro atoms. The maximum absolute atomic E-state index is 12.4. The summed E-state index contributed by atoms with van der Waals surface area (Å²) in [6.45, 7) is 2.85. The molecule has 1 aromatic heterocycles. The molecule has 6 heteroatoms. The van der Waals surface area contributed by atoms with E-state index < -0.39 is 11.7 Å². The first-order valence-electron chi connectivity index (χ1n) is 5.31. The van der Waals surface area contributed by atoms with Crippen LogP contribution in [0, 0.1) is 0 Å². The third-order valence-corrected chi connectivity index (χ3v) is 2.90. The van der Waals surface area contributed by atoms with E-state index in [0.29, 0.717) is 6.04 Å². The van der Waals surface area contributed by atoms with Gasteiger partial charge in [-0.15, -0.1) is 0 Å². The summed E-state index contributed by atoms with van der Waals surface area (Å²) >= 11 is 0. The van der Waals surface area contributed by atoms with E-state index in [2.05, 4.69) is 10.4 Å². The summed E-state index contributed by atoms with van der Waals surface area (Å²) in [6.07, 6.45) is -0.658. The molecular formula is C10H14F3N3. The van der Waals surface area contributed by atoms with Crippen LogP contribution in [-0.4, -0.2) is 22.4 Å². The average molecular weight is 233 g/mol. The van der Waals surface area contributed by atoms with E-state index in [4.69, 9.17) is 0 Å². The number of hydrogen-bond donors (Lipinski definition) is 1. The van der Waals surface area contributed by atoms with Gasteiger partial charge in [0.2, 0.25) is 0 Å². The van der Waals surface area contributed by atoms with Crippen LogP contribution in [0.2, 0.25) is 0 Å². The van der Waals surface area contributed by atoms with Crippen molar-refractivity contribution in [2.24, 2.45) is 0 Å². The highest BCUT2D eigenvalue weighted by molar-refractivity contribution is 5.09. The molecule has 1 N–H and O–H groups in total. The Morgan fingerprint density at radius 3 is 2.81 bits per heavy atom. The maximum Gasteiger partial charge on any atom is 0.419 e. The smallest absolute Gasteiger partial charge is 0.314 e. The molecule has 2 atom stereocenters. The van der Waals surface area contributed by atoms with Crippen molar-refractivity contribution < 1.29 is 13.2 Å². The molecule has 0 radical (unpaired) electrons. The minimum absolute atomic E-state index is 0.0762. The summed E-state index contributed by atoms with van der Waals surface area (Å²) in [5, 5.41) is 7.07. The third-order valence-electron chi connectivity index (χ3n) is 2.90. The van der Waals surface area contributed by atoms with Crippen molar-refractivity contribution in [3.05, 3.63) is 18.0 Å². The lowest BCUT2D eigenvalue weighted by atomic mass is 10.0. The van der Waals surface area contributed by atoms with Gasteiger partial charge in [0.05, 0.1) is 17.8 Å². The van der Waals surface area contributed by atoms with Gasteiger partial charge in [-0.05, 0) is 26.3 Å². The quantitative estimate of drug-likeness (QED) is 0.806. The van der Waals surface area contributed by atoms with Crippen molar-refractivity contribution in [3.8, 4) is 0 Å². The molecule has 1 aromatic rings. The second-order valence-corrected chi connectivity index (χ2v) is 4.24. The monoisotopic (exact) mass is 233 g/mol. The molecule has 0 aliphatic carbocycles. The number of alkyl halides is 3. The topological polar surface area (TPSA) is 29.9 Å². The molecule has 16 heavy (non-hydrogen) atoms. The Morgan fingerprint density at radius 2 is 2.25 bits per heavy atom. The van der Waals surface area contributed by atoms with Gasteiger partial charge in [-0.2, -0.15) is 18.3 Å². The number of nitrogens with one attached hydrogen (secondary N) is 1. The van der Waals surface area contributed by atoms with Crippen LogP contribution in [0.5, 0.6) is 0 Å². The number of nitrogens with zero attached hydrogens (tertiary/aromatic N) is 2. The fourth-order valence-corrected chi connectivity index (χ4v) is 2.03. The van der Waals surface area contributed by atoms with Crippen molar-refractivity contribution in [1.82, 2.24) is 15.1 Å². The molecule has 0 amide bonds. The van der Waals surface area contributed by atoms with Crippen LogP contribution in [0.25, 0.3) is 0 Å². The minimum atomic E-state index is -4.29. The SMILES string of the molecule is CC1CC(n2cc(C(F)(F)F)cn2)CCN1. The van der Waals surface area contributed by atoms with E-state index >= 15 is 0 Å². The van der Waals surface area contributed by atoms with Gasteiger partial charge in [-0.25, -0.2) is 0 Å². The zero-order valence-corrected chi connectivity index (χ0v) is 8.96. The summed E-state index contributed by atoms with van der Waals surface area (Å²) < 4.78 is 38.6. The lowest BCUT2D eigenvalue weighted by Crippen LogP contribution is -2.36. The molecule has 2 heterocycles. The minimum Gasteiger partial charge on any atom is -0.314 e. The molecule has 90 valence electrons. The van der Waals surface area contributed by atoms with Gasteiger partial charge >= 0.3 is 6.18 Å². The standard InChI is InChI=1S/C10H14F3N3/c1-7-4-9(2-3-14-7)16-6-8(5-15-16)10(11,12)13/h5-7,9,14H,2-4H2,1H3. The summed E-state index contributed by atoms with van der Waals surface area (Å²) in [7, 11) is 0. The molecule has 2 rings (SSSR count). The van der Waals surface area contributed by atoms with Crippen molar-refractivity contribution in [3.63, 3.8) is 0 Å². The predicted octanol–water partition coefficient (Wildman–Crippen LogP) is 2.21. The molecule has 2 unspecified atom stereocenters. The van der Waals surface area contributed by atoms with Crippen LogP contribution in [-0.2, 0) is 6.18 Å². The Balaban J connectivity index is 2.12. The summed E-state index contributed by atoms with van der Waals surface area (Å²) in [5.74, 6) is 0. The number of aromatic nitrogens is 2. The number of halogens is 3. The average Bonchev–Trinajstić information content (AvgIpc) is 2.65. The molecule has 1 aliphatic heterocycles. The summed E-state index contributed by atoms with van der Waals surface area (Å²) in [4.78, 5) is 0. The number of hydrogen-bond acceptors (Lipinski definition) is 2. The van der Waals surface area contributed by atoms with Crippen molar-refractivity contribution >= 4 is 0 Å². The Morgan fingerprint density at radius 1 is 1.50 bits per heavy atom. The number of piperidine rings is 1. The second kappa shape index (κ2) is 4.08. The van der Waals surface area contributed by atoms with E-state index in [0.717, 1.165) is 31.8 Å². The molecule has 1 fully saturated rings. The second-order valence-electron chi connectivity index (χ2n) is 4.24. The molecule has 0 aromatic carbocycles. The molecule has 1 saturated heterocycles. The Kier molecular flexibility index (Phi) is 2.92. The highest BCUT2D eigenvalue weighted by Gasteiger charge is 2.33. The van der Waals surface area contributed by atoms with E-state index in [9.17, 15) is 13.2 Å². The molecule has 1 aliphatic rings. The lowest BCUT2D eigenvalue weighted by molar-refractivity contribution is -0.137. The van der Waals surface area contributed by atoms with Crippen LogP contribution in [0.4, 0.5) is 13.2 Å². The summed E-state index contributed by atoms with van der Waals surface area (Å²) in [6, 6.07) is 0.407. The van der Waals surface area contributed by atoms with Gasteiger partial charge in [0.15, 0.2) is 0 Å². The molecule has 3 nitrogen and oxygen atoms in total. The first-order chi connectivity index (χ1) is 7.47. The van der Waals surface area contributed by atoms with Gasteiger partial charge < -0.3 is 5.32 Å². The summed E-state index contributed by atoms with van der Waals surface area (Å²) in [5.41, 5.74) is -0.668. The van der Waals surface area contributed by atoms with Crippen LogP contribution < -0.4 is 5.32 Å². The van der Waals surface area contributed by atoms with E-state index in [1.807, 2.05) is 6.92 Å². The van der Waals surface area contributed by atoms with E-state index in [-0.39, 0.29) is 6.04 Å². The lowest BCUT2D eigenvalue weighted by Gasteiger charge is -2.28. The van der Waals surface area contributed by atoms with Crippen LogP contribution in [0.3, 0.4) is 0 Å². The molecule has 0 saturated carbocycles. The van der Waals surface area contributed by atoms with E-state index in [1.165, 1.54) is 4.68 Å². The third kappa shape index (κ3) is 2.37. The largest absolute Gasteiger partial charge is 0.419 e. The zero-order valence-electron chi connectivity index (χ0n) is 8.96. The van der Waals surface area contributed by atoms with Crippen molar-refractivity contribution in [2.75, 3.05) is 6.54 Å². The predicted molar refractivity (Wildman–Crippen MR) is 53.0 cm³/mol. The van der Waals surface area contributed by atoms with Crippen molar-refractivity contribution in [2.45, 2.75) is 38.0 Å². The van der Waals surface area contributed by atoms with Crippen LogP contribution in [0.15, 0.2) is 12.4 Å². The van der Waals surface area contributed by atoms with Crippen LogP contribution in [0.1, 0.15) is 31.4 Å². The Bertz CT molecular complexity index is 358. The zero-order chi connectivity index (χ0) is 11.8.